The van der Waals surface area contributed by atoms with Crippen LogP contribution in [0.3, 0.4) is 0 Å². The minimum Gasteiger partial charge on any atom is -0.384 e. The van der Waals surface area contributed by atoms with E-state index in [9.17, 15) is 0 Å². The van der Waals surface area contributed by atoms with Crippen LogP contribution < -0.4 is 0 Å². The molecule has 0 aliphatic rings. The van der Waals surface area contributed by atoms with Crippen molar-refractivity contribution in [2.45, 2.75) is 13.0 Å². The Balaban J connectivity index is 2.04. The lowest BCUT2D eigenvalue weighted by atomic mass is 10.3. The maximum Gasteiger partial charge on any atom is 0.104 e. The van der Waals surface area contributed by atoms with Gasteiger partial charge in [-0.15, -0.1) is 11.3 Å². The molecule has 0 saturated heterocycles. The highest BCUT2D eigenvalue weighted by molar-refractivity contribution is 7.10. The number of ether oxygens (including phenoxy) is 3. The first kappa shape index (κ1) is 16.2. The Morgan fingerprint density at radius 1 is 1.21 bits per heavy atom. The Kier molecular flexibility index (Phi) is 9.33. The molecule has 0 aromatic carbocycles. The first-order valence-electron chi connectivity index (χ1n) is 6.18. The third-order valence-corrected chi connectivity index (χ3v) is 3.13. The molecular weight excluding hydrogens is 264 g/mol. The first-order chi connectivity index (χ1) is 9.36. The van der Waals surface area contributed by atoms with Crippen LogP contribution in [-0.4, -0.2) is 45.3 Å². The third kappa shape index (κ3) is 7.98. The van der Waals surface area contributed by atoms with Crippen molar-refractivity contribution in [1.82, 2.24) is 0 Å². The Morgan fingerprint density at radius 3 is 2.84 bits per heavy atom. The van der Waals surface area contributed by atoms with Gasteiger partial charge in [0.2, 0.25) is 0 Å². The van der Waals surface area contributed by atoms with Crippen LogP contribution in [0.4, 0.5) is 0 Å². The van der Waals surface area contributed by atoms with Crippen LogP contribution in [0.25, 0.3) is 0 Å². The van der Waals surface area contributed by atoms with Crippen LogP contribution in [0.1, 0.15) is 16.9 Å². The molecule has 19 heavy (non-hydrogen) atoms. The van der Waals surface area contributed by atoms with Gasteiger partial charge in [-0.2, -0.15) is 0 Å². The van der Waals surface area contributed by atoms with E-state index in [0.717, 1.165) is 16.9 Å². The number of rotatable bonds is 9. The van der Waals surface area contributed by atoms with E-state index < -0.39 is 0 Å². The summed E-state index contributed by atoms with van der Waals surface area (Å²) < 4.78 is 15.8. The quantitative estimate of drug-likeness (QED) is 0.553. The molecule has 0 radical (unpaired) electrons. The minimum atomic E-state index is -0.106. The van der Waals surface area contributed by atoms with Crippen molar-refractivity contribution >= 4 is 11.3 Å². The van der Waals surface area contributed by atoms with Gasteiger partial charge in [0.1, 0.15) is 6.61 Å². The Bertz CT molecular complexity index is 392. The van der Waals surface area contributed by atoms with Crippen LogP contribution in [0.15, 0.2) is 11.4 Å². The van der Waals surface area contributed by atoms with E-state index >= 15 is 0 Å². The highest BCUT2D eigenvalue weighted by atomic mass is 32.1. The van der Waals surface area contributed by atoms with E-state index in [-0.39, 0.29) is 6.61 Å². The van der Waals surface area contributed by atoms with Crippen molar-refractivity contribution in [3.8, 4) is 11.8 Å². The number of methoxy groups -OCH3 is 1. The average molecular weight is 284 g/mol. The summed E-state index contributed by atoms with van der Waals surface area (Å²) in [5.41, 5.74) is 0.931. The smallest absolute Gasteiger partial charge is 0.104 e. The Hall–Kier alpha value is -0.900. The molecule has 4 nitrogen and oxygen atoms in total. The zero-order chi connectivity index (χ0) is 13.8. The molecule has 106 valence electrons. The molecule has 0 spiro atoms. The lowest BCUT2D eigenvalue weighted by molar-refractivity contribution is 0.0488. The topological polar surface area (TPSA) is 47.9 Å². The van der Waals surface area contributed by atoms with Gasteiger partial charge in [0.05, 0.1) is 19.8 Å². The number of hydrogen-bond acceptors (Lipinski definition) is 5. The summed E-state index contributed by atoms with van der Waals surface area (Å²) in [5.74, 6) is 5.49. The van der Waals surface area contributed by atoms with Crippen LogP contribution >= 0.6 is 11.3 Å². The summed E-state index contributed by atoms with van der Waals surface area (Å²) in [5, 5.41) is 10.6. The molecule has 1 heterocycles. The molecule has 1 N–H and O–H groups in total. The van der Waals surface area contributed by atoms with E-state index in [1.54, 1.807) is 18.4 Å². The van der Waals surface area contributed by atoms with Crippen LogP contribution in [0.2, 0.25) is 0 Å². The normalized spacial score (nSPS) is 10.2. The molecule has 0 aliphatic carbocycles. The van der Waals surface area contributed by atoms with Crippen molar-refractivity contribution in [3.63, 3.8) is 0 Å². The number of thiophene rings is 1. The maximum atomic E-state index is 8.60. The molecule has 0 amide bonds. The Labute approximate surface area is 118 Å². The molecule has 1 aromatic heterocycles. The molecule has 0 aliphatic heterocycles. The van der Waals surface area contributed by atoms with Gasteiger partial charge in [0, 0.05) is 36.1 Å². The second-order valence-corrected chi connectivity index (χ2v) is 4.77. The highest BCUT2D eigenvalue weighted by Crippen LogP contribution is 2.14. The predicted octanol–water partition coefficient (Wildman–Crippen LogP) is 1.66. The van der Waals surface area contributed by atoms with Gasteiger partial charge in [-0.05, 0) is 12.5 Å². The third-order valence-electron chi connectivity index (χ3n) is 2.22. The van der Waals surface area contributed by atoms with Crippen LogP contribution in [0, 0.1) is 11.8 Å². The summed E-state index contributed by atoms with van der Waals surface area (Å²) in [7, 11) is 1.66. The van der Waals surface area contributed by atoms with Crippen LogP contribution in [-0.2, 0) is 20.8 Å². The second kappa shape index (κ2) is 11.0. The minimum absolute atomic E-state index is 0.106. The first-order valence-corrected chi connectivity index (χ1v) is 7.06. The fourth-order valence-corrected chi connectivity index (χ4v) is 2.10. The van der Waals surface area contributed by atoms with Crippen molar-refractivity contribution in [3.05, 3.63) is 21.9 Å². The fraction of sp³-hybridized carbons (Fsp3) is 0.571. The van der Waals surface area contributed by atoms with Gasteiger partial charge in [-0.1, -0.05) is 11.8 Å². The maximum absolute atomic E-state index is 8.60. The monoisotopic (exact) mass is 284 g/mol. The molecule has 0 atom stereocenters. The molecule has 1 rings (SSSR count). The second-order valence-electron chi connectivity index (χ2n) is 3.77. The molecule has 0 saturated carbocycles. The molecule has 5 heteroatoms. The zero-order valence-electron chi connectivity index (χ0n) is 11.2. The predicted molar refractivity (Wildman–Crippen MR) is 75.3 cm³/mol. The summed E-state index contributed by atoms with van der Waals surface area (Å²) in [6.07, 6.45) is 0.881. The van der Waals surface area contributed by atoms with E-state index in [1.807, 2.05) is 11.4 Å². The van der Waals surface area contributed by atoms with Crippen molar-refractivity contribution in [1.29, 1.82) is 0 Å². The largest absolute Gasteiger partial charge is 0.384 e. The van der Waals surface area contributed by atoms with Gasteiger partial charge in [-0.3, -0.25) is 0 Å². The van der Waals surface area contributed by atoms with Crippen molar-refractivity contribution < 1.29 is 19.3 Å². The standard InChI is InChI=1S/C14H20O4S/c1-16-8-9-17-6-3-7-18-11-14-10-13(12-19-14)4-2-5-15/h10,12,15H,3,5-9,11H2,1H3. The van der Waals surface area contributed by atoms with E-state index in [2.05, 4.69) is 11.8 Å². The number of aliphatic hydroxyl groups excluding tert-OH is 1. The number of aliphatic hydroxyl groups is 1. The fourth-order valence-electron chi connectivity index (χ4n) is 1.34. The molecular formula is C14H20O4S. The summed E-state index contributed by atoms with van der Waals surface area (Å²) in [6, 6.07) is 1.99. The highest BCUT2D eigenvalue weighted by Gasteiger charge is 1.98. The van der Waals surface area contributed by atoms with Gasteiger partial charge in [0.15, 0.2) is 0 Å². The van der Waals surface area contributed by atoms with Gasteiger partial charge < -0.3 is 19.3 Å². The van der Waals surface area contributed by atoms with Crippen molar-refractivity contribution in [2.75, 3.05) is 40.1 Å². The van der Waals surface area contributed by atoms with E-state index in [4.69, 9.17) is 19.3 Å². The summed E-state index contributed by atoms with van der Waals surface area (Å²) in [4.78, 5) is 1.14. The molecule has 1 aromatic rings. The lowest BCUT2D eigenvalue weighted by Crippen LogP contribution is -2.05. The lowest BCUT2D eigenvalue weighted by Gasteiger charge is -2.04. The Morgan fingerprint density at radius 2 is 2.05 bits per heavy atom. The SMILES string of the molecule is COCCOCCCOCc1cc(C#CCO)cs1. The van der Waals surface area contributed by atoms with Gasteiger partial charge >= 0.3 is 0 Å². The molecule has 0 bridgehead atoms. The van der Waals surface area contributed by atoms with E-state index in [0.29, 0.717) is 33.0 Å². The number of hydrogen-bond donors (Lipinski definition) is 1. The van der Waals surface area contributed by atoms with E-state index in [1.165, 1.54) is 0 Å². The van der Waals surface area contributed by atoms with Crippen molar-refractivity contribution in [2.24, 2.45) is 0 Å². The van der Waals surface area contributed by atoms with Gasteiger partial charge in [0.25, 0.3) is 0 Å². The van der Waals surface area contributed by atoms with Gasteiger partial charge in [-0.25, -0.2) is 0 Å². The zero-order valence-corrected chi connectivity index (χ0v) is 12.0. The molecule has 0 fully saturated rings. The summed E-state index contributed by atoms with van der Waals surface area (Å²) >= 11 is 1.62. The van der Waals surface area contributed by atoms with Crippen LogP contribution in [0.5, 0.6) is 0 Å². The molecule has 0 unspecified atom stereocenters. The summed E-state index contributed by atoms with van der Waals surface area (Å²) in [6.45, 7) is 3.14. The average Bonchev–Trinajstić information content (AvgIpc) is 2.87.